The molecular weight excluding hydrogens is 1550 g/mol. The number of aromatic nitrogens is 1. The largest absolute Gasteiger partial charge is 0.370 e. The van der Waals surface area contributed by atoms with E-state index < -0.39 is 204 Å². The molecule has 0 bridgehead atoms. The van der Waals surface area contributed by atoms with Crippen molar-refractivity contribution < 1.29 is 71.9 Å². The smallest absolute Gasteiger partial charge is 0.243 e. The number of primary amides is 4. The third-order valence-electron chi connectivity index (χ3n) is 19.6. The summed E-state index contributed by atoms with van der Waals surface area (Å²) in [6.45, 7) is 8.93. The summed E-state index contributed by atoms with van der Waals surface area (Å²) in [6.07, 6.45) is 2.06. The summed E-state index contributed by atoms with van der Waals surface area (Å²) in [5, 5.41) is 60.1. The van der Waals surface area contributed by atoms with Crippen molar-refractivity contribution in [3.05, 3.63) is 71.9 Å². The maximum Gasteiger partial charge on any atom is 0.243 e. The molecule has 0 aliphatic carbocycles. The second-order valence-corrected chi connectivity index (χ2v) is 30.0. The molecule has 0 saturated carbocycles. The molecule has 0 spiro atoms. The first kappa shape index (κ1) is 100. The topological polar surface area (TPSA) is 720 Å². The van der Waals surface area contributed by atoms with Gasteiger partial charge in [0.25, 0.3) is 0 Å². The lowest BCUT2D eigenvalue weighted by atomic mass is 9.95. The van der Waals surface area contributed by atoms with Crippen LogP contribution >= 0.6 is 11.8 Å². The van der Waals surface area contributed by atoms with Crippen molar-refractivity contribution in [1.29, 1.82) is 16.2 Å². The van der Waals surface area contributed by atoms with E-state index in [9.17, 15) is 57.5 Å². The van der Waals surface area contributed by atoms with Gasteiger partial charge in [-0.1, -0.05) is 96.0 Å². The minimum atomic E-state index is -1.90. The van der Waals surface area contributed by atoms with E-state index in [1.54, 1.807) is 95.4 Å². The Morgan fingerprint density at radius 1 is 0.398 bits per heavy atom. The molecule has 15 amide bonds. The zero-order valence-electron chi connectivity index (χ0n) is 68.0. The fourth-order valence-corrected chi connectivity index (χ4v) is 12.9. The highest BCUT2D eigenvalue weighted by Gasteiger charge is 2.39. The van der Waals surface area contributed by atoms with Crippen LogP contribution in [0.25, 0.3) is 10.9 Å². The molecule has 0 saturated heterocycles. The second kappa shape index (κ2) is 53.4. The lowest BCUT2D eigenvalue weighted by molar-refractivity contribution is -0.137. The summed E-state index contributed by atoms with van der Waals surface area (Å²) < 4.78 is 0. The van der Waals surface area contributed by atoms with Crippen molar-refractivity contribution in [2.45, 2.75) is 223 Å². The van der Waals surface area contributed by atoms with Gasteiger partial charge in [0.05, 0.1) is 6.42 Å². The maximum atomic E-state index is 15.3. The van der Waals surface area contributed by atoms with E-state index in [2.05, 4.69) is 79.4 Å². The highest BCUT2D eigenvalue weighted by atomic mass is 32.2. The lowest BCUT2D eigenvalue weighted by Crippen LogP contribution is -2.62. The Balaban J connectivity index is 2.12. The molecule has 42 heteroatoms. The Labute approximate surface area is 690 Å². The summed E-state index contributed by atoms with van der Waals surface area (Å²) >= 11 is 1.52. The Morgan fingerprint density at radius 2 is 0.763 bits per heavy atom. The van der Waals surface area contributed by atoms with Gasteiger partial charge < -0.3 is 125 Å². The molecule has 41 nitrogen and oxygen atoms in total. The molecule has 654 valence electrons. The average molecular weight is 1670 g/mol. The molecule has 1 aromatic heterocycles. The molecule has 0 radical (unpaired) electrons. The number of H-pyrrole nitrogens is 1. The summed E-state index contributed by atoms with van der Waals surface area (Å²) in [4.78, 5) is 214. The van der Waals surface area contributed by atoms with Gasteiger partial charge in [-0.15, -0.1) is 0 Å². The molecule has 118 heavy (non-hydrogen) atoms. The van der Waals surface area contributed by atoms with Gasteiger partial charge in [0.1, 0.15) is 66.5 Å². The molecule has 2 unspecified atom stereocenters. The SMILES string of the molecule is CCC(C)[C@@H](NC(=O)[C@@H](CCCCN)NC(=O)[C@H](NC(=O)[C@@H](Cc1c[nH]c2ccccc12)NC(=O)[C@@H](Cc1ccccc1)NC(=O)[C@@H](CCC(N)=O)NC(=O)[C@@H](CC(N)=O)NC(=O)[C@@H](CCCNC(=N)N)NC(=O)[C@@H](CCCNC(=N)N)NC(=O)[C@H](C)CCSC)C(C)CC)C(=O)N[C@H](CCC(N)=O)C(=O)N[C@H](CCCNC(=N)N)C(N)=O. The minimum Gasteiger partial charge on any atom is -0.370 e. The number of aromatic amines is 1. The number of thioether (sulfide) groups is 1. The van der Waals surface area contributed by atoms with Crippen LogP contribution in [0.3, 0.4) is 0 Å². The Bertz CT molecular complexity index is 3890. The Morgan fingerprint density at radius 3 is 1.19 bits per heavy atom. The number of hydrogen-bond acceptors (Lipinski definition) is 20. The number of hydrogen-bond donors (Lipinski definition) is 26. The van der Waals surface area contributed by atoms with E-state index in [1.165, 1.54) is 11.8 Å². The van der Waals surface area contributed by atoms with Gasteiger partial charge in [0.2, 0.25) is 88.6 Å². The van der Waals surface area contributed by atoms with Crippen molar-refractivity contribution in [3.8, 4) is 0 Å². The molecular formula is C76H124N26O15S. The molecule has 2 aromatic carbocycles. The summed E-state index contributed by atoms with van der Waals surface area (Å²) in [5.41, 5.74) is 46.2. The fraction of sp³-hybridized carbons (Fsp3) is 0.579. The number of guanidine groups is 3. The number of amides is 15. The molecule has 14 atom stereocenters. The van der Waals surface area contributed by atoms with Crippen molar-refractivity contribution in [3.63, 3.8) is 0 Å². The Hall–Kier alpha value is -11.8. The van der Waals surface area contributed by atoms with Gasteiger partial charge in [-0.05, 0) is 125 Å². The predicted octanol–water partition coefficient (Wildman–Crippen LogP) is -4.42. The quantitative estimate of drug-likeness (QED) is 0.0144. The number of nitrogens with one attached hydrogen (secondary N) is 18. The fourth-order valence-electron chi connectivity index (χ4n) is 12.3. The first-order chi connectivity index (χ1) is 55.9. The third kappa shape index (κ3) is 37.4. The molecule has 0 aliphatic heterocycles. The second-order valence-electron chi connectivity index (χ2n) is 29.0. The van der Waals surface area contributed by atoms with E-state index in [-0.39, 0.29) is 122 Å². The van der Waals surface area contributed by atoms with Gasteiger partial charge >= 0.3 is 0 Å². The van der Waals surface area contributed by atoms with E-state index in [0.29, 0.717) is 40.6 Å². The molecule has 1 heterocycles. The number of carbonyl (C=O) groups is 15. The van der Waals surface area contributed by atoms with Gasteiger partial charge in [0.15, 0.2) is 17.9 Å². The van der Waals surface area contributed by atoms with E-state index in [1.807, 2.05) is 6.26 Å². The number of unbranched alkanes of at least 4 members (excludes halogenated alkanes) is 1. The predicted molar refractivity (Wildman–Crippen MR) is 445 cm³/mol. The maximum absolute atomic E-state index is 15.3. The Kier molecular flexibility index (Phi) is 45.4. The first-order valence-electron chi connectivity index (χ1n) is 39.4. The number of nitrogens with two attached hydrogens (primary N) is 8. The zero-order chi connectivity index (χ0) is 88.1. The normalized spacial score (nSPS) is 14.6. The van der Waals surface area contributed by atoms with Crippen LogP contribution in [0.2, 0.25) is 0 Å². The number of carbonyl (C=O) groups excluding carboxylic acids is 15. The van der Waals surface area contributed by atoms with Crippen molar-refractivity contribution in [2.75, 3.05) is 38.2 Å². The van der Waals surface area contributed by atoms with Crippen LogP contribution in [0.1, 0.15) is 155 Å². The van der Waals surface area contributed by atoms with Crippen LogP contribution < -0.4 is 120 Å². The minimum absolute atomic E-state index is 0.00494. The highest BCUT2D eigenvalue weighted by Crippen LogP contribution is 2.22. The van der Waals surface area contributed by atoms with Crippen LogP contribution in [0.5, 0.6) is 0 Å². The van der Waals surface area contributed by atoms with Crippen LogP contribution in [0.4, 0.5) is 0 Å². The van der Waals surface area contributed by atoms with Crippen LogP contribution in [0, 0.1) is 34.0 Å². The molecule has 3 rings (SSSR count). The third-order valence-corrected chi connectivity index (χ3v) is 20.2. The van der Waals surface area contributed by atoms with Crippen molar-refractivity contribution in [1.82, 2.24) is 79.4 Å². The first-order valence-corrected chi connectivity index (χ1v) is 40.8. The summed E-state index contributed by atoms with van der Waals surface area (Å²) in [7, 11) is 0. The number of para-hydroxylation sites is 1. The van der Waals surface area contributed by atoms with Crippen molar-refractivity contribution in [2.24, 2.45) is 63.6 Å². The molecule has 34 N–H and O–H groups in total. The van der Waals surface area contributed by atoms with Gasteiger partial charge in [-0.25, -0.2) is 0 Å². The molecule has 3 aromatic rings. The van der Waals surface area contributed by atoms with Gasteiger partial charge in [-0.3, -0.25) is 88.1 Å². The van der Waals surface area contributed by atoms with Crippen LogP contribution in [-0.2, 0) is 84.8 Å². The highest BCUT2D eigenvalue weighted by molar-refractivity contribution is 7.98. The van der Waals surface area contributed by atoms with E-state index >= 15 is 14.4 Å². The number of benzene rings is 2. The summed E-state index contributed by atoms with van der Waals surface area (Å²) in [6, 6.07) is -1.42. The van der Waals surface area contributed by atoms with Gasteiger partial charge in [-0.2, -0.15) is 11.8 Å². The summed E-state index contributed by atoms with van der Waals surface area (Å²) in [5.74, 6) is -16.3. The molecule has 0 aliphatic rings. The number of fused-ring (bicyclic) bond motifs is 1. The lowest BCUT2D eigenvalue weighted by Gasteiger charge is -2.31. The van der Waals surface area contributed by atoms with E-state index in [4.69, 9.17) is 62.1 Å². The van der Waals surface area contributed by atoms with Gasteiger partial charge in [0, 0.05) is 68.3 Å². The number of rotatable bonds is 58. The van der Waals surface area contributed by atoms with E-state index in [0.717, 1.165) is 0 Å². The van der Waals surface area contributed by atoms with Crippen molar-refractivity contribution >= 4 is 129 Å². The van der Waals surface area contributed by atoms with Crippen LogP contribution in [-0.4, -0.2) is 216 Å². The standard InChI is InChI=1S/C76H124N26O15S/c1-7-41(3)60(73(117)97-53(28-30-58(79)104)66(110)92-48(62(81)106)24-16-33-88-74(82)83)101-68(112)49(23-14-15-32-77)96-72(116)61(42(4)8-2)102-71(115)55(38-45-40-91-47-22-13-12-21-46(45)47)99-69(113)54(37-44-19-10-9-11-20-44)98-67(111)52(27-29-57(78)103)95-70(114)56(39-59(80)105)100-65(109)51(26-18-35-90-76(86)87)94-64(108)50(25-17-34-89-75(84)85)93-63(107)43(5)31-36-118-6/h9-13,19-22,40-43,48-56,60-61,91H,7-8,14-18,23-39,77H2,1-6H3,(H2,78,103)(H2,79,104)(H2,80,105)(H2,81,106)(H,92,110)(H,93,107)(H,94,108)(H,95,114)(H,96,116)(H,97,117)(H,98,111)(H,99,113)(H,100,109)(H,101,112)(H,102,115)(H4,82,83,88)(H4,84,85,89)(H4,86,87,90)/t41?,42?,43-,48-,49-,50-,51-,52-,53-,54-,55-,56-,60-,61-/m1/s1. The monoisotopic (exact) mass is 1670 g/mol. The molecule has 0 fully saturated rings. The zero-order valence-corrected chi connectivity index (χ0v) is 68.8. The average Bonchev–Trinajstić information content (AvgIpc) is 1.65. The van der Waals surface area contributed by atoms with Crippen LogP contribution in [0.15, 0.2) is 60.8 Å².